The van der Waals surface area contributed by atoms with Gasteiger partial charge in [-0.3, -0.25) is 14.7 Å². The van der Waals surface area contributed by atoms with Crippen molar-refractivity contribution in [2.45, 2.75) is 44.8 Å². The minimum absolute atomic E-state index is 0.0766. The highest BCUT2D eigenvalue weighted by atomic mass is 35.5. The first-order valence-electron chi connectivity index (χ1n) is 14.7. The molecule has 4 aromatic rings. The van der Waals surface area contributed by atoms with E-state index >= 15 is 0 Å². The second kappa shape index (κ2) is 12.4. The first-order chi connectivity index (χ1) is 21.2. The zero-order valence-electron chi connectivity index (χ0n) is 24.6. The third-order valence-corrected chi connectivity index (χ3v) is 8.54. The molecular weight excluding hydrogens is 583 g/mol. The van der Waals surface area contributed by atoms with Crippen LogP contribution in [-0.2, 0) is 20.7 Å². The molecular formula is C33H34ClFN6O3. The second-order valence-electron chi connectivity index (χ2n) is 11.4. The van der Waals surface area contributed by atoms with Gasteiger partial charge in [0.05, 0.1) is 18.9 Å². The van der Waals surface area contributed by atoms with Crippen molar-refractivity contribution in [1.29, 1.82) is 0 Å². The number of aryl methyl sites for hydroxylation is 2. The monoisotopic (exact) mass is 616 g/mol. The molecule has 11 heteroatoms. The fraction of sp³-hybridized carbons (Fsp3) is 0.333. The Labute approximate surface area is 260 Å². The number of carbonyl (C=O) groups excluding carboxylic acids is 2. The summed E-state index contributed by atoms with van der Waals surface area (Å²) in [7, 11) is 0. The number of nitrogens with zero attached hydrogens (tertiary/aromatic N) is 3. The number of aromatic amines is 1. The molecule has 1 unspecified atom stereocenters. The van der Waals surface area contributed by atoms with E-state index in [2.05, 4.69) is 30.7 Å². The van der Waals surface area contributed by atoms with Crippen LogP contribution in [0.1, 0.15) is 29.8 Å². The van der Waals surface area contributed by atoms with Crippen molar-refractivity contribution in [3.05, 3.63) is 82.8 Å². The van der Waals surface area contributed by atoms with E-state index in [0.717, 1.165) is 52.5 Å². The minimum atomic E-state index is -1.93. The standard InChI is InChI=1S/C33H34ClFN6O3/c1-20-30(21(2)40-39-20)22-3-6-26(7-4-22)37-31(42)28(38-32(43)33(35)10-11-33)18-25-17-23(5-8-27(25)34)24-9-12-36-29(19-24)41-13-15-44-16-14-41/h3-9,12,17,19,28H,10-11,13-16,18H2,1-2H3,(H,37,42)(H,38,43)(H,39,40). The summed E-state index contributed by atoms with van der Waals surface area (Å²) in [6.07, 6.45) is 2.13. The Kier molecular flexibility index (Phi) is 8.38. The molecule has 1 saturated carbocycles. The Balaban J connectivity index is 1.23. The van der Waals surface area contributed by atoms with E-state index in [0.29, 0.717) is 29.5 Å². The molecule has 1 aliphatic heterocycles. The lowest BCUT2D eigenvalue weighted by molar-refractivity contribution is -0.131. The number of alkyl halides is 1. The van der Waals surface area contributed by atoms with Crippen molar-refractivity contribution in [2.75, 3.05) is 36.5 Å². The molecule has 2 aromatic heterocycles. The van der Waals surface area contributed by atoms with Gasteiger partial charge in [0.25, 0.3) is 5.91 Å². The first-order valence-corrected chi connectivity index (χ1v) is 15.1. The van der Waals surface area contributed by atoms with Crippen LogP contribution in [0.25, 0.3) is 22.3 Å². The van der Waals surface area contributed by atoms with Crippen LogP contribution in [0.2, 0.25) is 5.02 Å². The molecule has 2 aromatic carbocycles. The van der Waals surface area contributed by atoms with E-state index in [4.69, 9.17) is 16.3 Å². The zero-order valence-corrected chi connectivity index (χ0v) is 25.4. The maximum Gasteiger partial charge on any atom is 0.258 e. The van der Waals surface area contributed by atoms with Gasteiger partial charge in [0.1, 0.15) is 11.9 Å². The summed E-state index contributed by atoms with van der Waals surface area (Å²) in [6, 6.07) is 15.8. The van der Waals surface area contributed by atoms with Crippen LogP contribution in [0.4, 0.5) is 15.9 Å². The maximum absolute atomic E-state index is 14.7. The van der Waals surface area contributed by atoms with Crippen LogP contribution in [0.5, 0.6) is 0 Å². The van der Waals surface area contributed by atoms with E-state index in [1.54, 1.807) is 24.4 Å². The van der Waals surface area contributed by atoms with Gasteiger partial charge in [0.2, 0.25) is 5.91 Å². The molecule has 0 radical (unpaired) electrons. The fourth-order valence-corrected chi connectivity index (χ4v) is 5.65. The number of aromatic nitrogens is 3. The third-order valence-electron chi connectivity index (χ3n) is 8.17. The molecule has 1 saturated heterocycles. The number of hydrogen-bond acceptors (Lipinski definition) is 6. The summed E-state index contributed by atoms with van der Waals surface area (Å²) < 4.78 is 20.2. The van der Waals surface area contributed by atoms with Gasteiger partial charge in [0, 0.05) is 47.7 Å². The first kappa shape index (κ1) is 29.8. The lowest BCUT2D eigenvalue weighted by Crippen LogP contribution is -2.48. The number of halogens is 2. The van der Waals surface area contributed by atoms with Gasteiger partial charge >= 0.3 is 0 Å². The number of ether oxygens (including phenoxy) is 1. The Morgan fingerprint density at radius 3 is 2.43 bits per heavy atom. The van der Waals surface area contributed by atoms with E-state index in [9.17, 15) is 14.0 Å². The number of benzene rings is 2. The van der Waals surface area contributed by atoms with Crippen LogP contribution in [-0.4, -0.2) is 65.0 Å². The summed E-state index contributed by atoms with van der Waals surface area (Å²) in [5.41, 5.74) is 4.89. The van der Waals surface area contributed by atoms with Gasteiger partial charge < -0.3 is 20.3 Å². The van der Waals surface area contributed by atoms with Gasteiger partial charge in [-0.1, -0.05) is 29.8 Å². The number of pyridine rings is 1. The van der Waals surface area contributed by atoms with Crippen molar-refractivity contribution in [1.82, 2.24) is 20.5 Å². The Morgan fingerprint density at radius 2 is 1.75 bits per heavy atom. The molecule has 228 valence electrons. The van der Waals surface area contributed by atoms with Gasteiger partial charge in [-0.25, -0.2) is 9.37 Å². The van der Waals surface area contributed by atoms with Crippen molar-refractivity contribution in [3.8, 4) is 22.3 Å². The molecule has 1 aliphatic carbocycles. The van der Waals surface area contributed by atoms with Gasteiger partial charge in [-0.15, -0.1) is 0 Å². The van der Waals surface area contributed by atoms with Crippen LogP contribution >= 0.6 is 11.6 Å². The minimum Gasteiger partial charge on any atom is -0.378 e. The summed E-state index contributed by atoms with van der Waals surface area (Å²) in [4.78, 5) is 33.0. The Bertz CT molecular complexity index is 1660. The number of anilines is 2. The van der Waals surface area contributed by atoms with Gasteiger partial charge in [-0.2, -0.15) is 5.10 Å². The predicted octanol–water partition coefficient (Wildman–Crippen LogP) is 5.41. The Morgan fingerprint density at radius 1 is 1.05 bits per heavy atom. The number of hydrogen-bond donors (Lipinski definition) is 3. The van der Waals surface area contributed by atoms with Crippen molar-refractivity contribution >= 4 is 34.9 Å². The van der Waals surface area contributed by atoms with Gasteiger partial charge in [-0.05, 0) is 85.3 Å². The molecule has 3 heterocycles. The molecule has 6 rings (SSSR count). The largest absolute Gasteiger partial charge is 0.378 e. The summed E-state index contributed by atoms with van der Waals surface area (Å²) in [5, 5.41) is 13.2. The highest BCUT2D eigenvalue weighted by molar-refractivity contribution is 6.31. The number of H-pyrrole nitrogens is 1. The van der Waals surface area contributed by atoms with Crippen LogP contribution in [0.3, 0.4) is 0 Å². The molecule has 0 spiro atoms. The molecule has 0 bridgehead atoms. The Hall–Kier alpha value is -4.28. The predicted molar refractivity (Wildman–Crippen MR) is 169 cm³/mol. The number of carbonyl (C=O) groups is 2. The molecule has 44 heavy (non-hydrogen) atoms. The van der Waals surface area contributed by atoms with Crippen molar-refractivity contribution < 1.29 is 18.7 Å². The van der Waals surface area contributed by atoms with Crippen LogP contribution in [0, 0.1) is 13.8 Å². The topological polar surface area (TPSA) is 112 Å². The van der Waals surface area contributed by atoms with Crippen LogP contribution < -0.4 is 15.5 Å². The number of amides is 2. The van der Waals surface area contributed by atoms with Crippen molar-refractivity contribution in [3.63, 3.8) is 0 Å². The highest BCUT2D eigenvalue weighted by Gasteiger charge is 2.51. The summed E-state index contributed by atoms with van der Waals surface area (Å²) >= 11 is 6.62. The zero-order chi connectivity index (χ0) is 30.8. The molecule has 2 fully saturated rings. The van der Waals surface area contributed by atoms with E-state index in [1.165, 1.54) is 0 Å². The molecule has 3 N–H and O–H groups in total. The van der Waals surface area contributed by atoms with E-state index in [-0.39, 0.29) is 19.3 Å². The fourth-order valence-electron chi connectivity index (χ4n) is 5.45. The second-order valence-corrected chi connectivity index (χ2v) is 11.8. The SMILES string of the molecule is Cc1n[nH]c(C)c1-c1ccc(NC(=O)C(Cc2cc(-c3ccnc(N4CCOCC4)c3)ccc2Cl)NC(=O)C2(F)CC2)cc1. The van der Waals surface area contributed by atoms with E-state index < -0.39 is 23.5 Å². The average Bonchev–Trinajstić information content (AvgIpc) is 3.71. The van der Waals surface area contributed by atoms with E-state index in [1.807, 2.05) is 50.2 Å². The van der Waals surface area contributed by atoms with Crippen molar-refractivity contribution in [2.24, 2.45) is 0 Å². The lowest BCUT2D eigenvalue weighted by atomic mass is 9.98. The quantitative estimate of drug-likeness (QED) is 0.232. The molecule has 2 aliphatic rings. The number of morpholine rings is 1. The average molecular weight is 617 g/mol. The third kappa shape index (κ3) is 6.46. The van der Waals surface area contributed by atoms with Crippen LogP contribution in [0.15, 0.2) is 60.8 Å². The maximum atomic E-state index is 14.7. The molecule has 1 atom stereocenters. The summed E-state index contributed by atoms with van der Waals surface area (Å²) in [6.45, 7) is 6.71. The number of rotatable bonds is 9. The highest BCUT2D eigenvalue weighted by Crippen LogP contribution is 2.40. The summed E-state index contributed by atoms with van der Waals surface area (Å²) in [5.74, 6) is -0.393. The normalized spacial score (nSPS) is 16.3. The lowest BCUT2D eigenvalue weighted by Gasteiger charge is -2.28. The smallest absolute Gasteiger partial charge is 0.258 e. The molecule has 2 amide bonds. The van der Waals surface area contributed by atoms with Gasteiger partial charge in [0.15, 0.2) is 5.67 Å². The molecule has 9 nitrogen and oxygen atoms in total. The number of nitrogens with one attached hydrogen (secondary N) is 3.